The fourth-order valence-electron chi connectivity index (χ4n) is 2.75. The van der Waals surface area contributed by atoms with Gasteiger partial charge in [-0.2, -0.15) is 0 Å². The van der Waals surface area contributed by atoms with Gasteiger partial charge in [-0.3, -0.25) is 4.79 Å². The average molecular weight is 291 g/mol. The molecule has 4 N–H and O–H groups in total. The van der Waals surface area contributed by atoms with Crippen LogP contribution in [0.3, 0.4) is 0 Å². The lowest BCUT2D eigenvalue weighted by atomic mass is 9.98. The number of aliphatic hydroxyl groups excluding tert-OH is 1. The highest BCUT2D eigenvalue weighted by molar-refractivity contribution is 6.01. The smallest absolute Gasteiger partial charge is 0.254 e. The SMILES string of the molecule is N/C(=N\O)c1cccc(C(=O)N2CCCCC2CCO)c1. The summed E-state index contributed by atoms with van der Waals surface area (Å²) in [6, 6.07) is 6.84. The van der Waals surface area contributed by atoms with Crippen molar-refractivity contribution in [1.82, 2.24) is 4.90 Å². The van der Waals surface area contributed by atoms with Crippen LogP contribution in [0.15, 0.2) is 29.4 Å². The highest BCUT2D eigenvalue weighted by atomic mass is 16.4. The van der Waals surface area contributed by atoms with Gasteiger partial charge < -0.3 is 20.9 Å². The summed E-state index contributed by atoms with van der Waals surface area (Å²) in [6.07, 6.45) is 3.59. The number of nitrogens with zero attached hydrogens (tertiary/aromatic N) is 2. The number of benzene rings is 1. The number of nitrogens with two attached hydrogens (primary N) is 1. The molecule has 0 radical (unpaired) electrons. The molecule has 21 heavy (non-hydrogen) atoms. The average Bonchev–Trinajstić information content (AvgIpc) is 2.54. The van der Waals surface area contributed by atoms with E-state index in [0.717, 1.165) is 19.3 Å². The summed E-state index contributed by atoms with van der Waals surface area (Å²) >= 11 is 0. The van der Waals surface area contributed by atoms with Gasteiger partial charge in [0, 0.05) is 30.3 Å². The molecule has 1 fully saturated rings. The molecule has 0 saturated carbocycles. The molecule has 1 amide bonds. The Balaban J connectivity index is 2.22. The maximum atomic E-state index is 12.6. The second kappa shape index (κ2) is 7.08. The molecule has 1 heterocycles. The molecule has 1 aromatic rings. The molecule has 1 aliphatic rings. The van der Waals surface area contributed by atoms with Crippen molar-refractivity contribution in [1.29, 1.82) is 0 Å². The van der Waals surface area contributed by atoms with Crippen molar-refractivity contribution in [2.24, 2.45) is 10.9 Å². The van der Waals surface area contributed by atoms with E-state index in [0.29, 0.717) is 24.1 Å². The number of likely N-dealkylation sites (tertiary alicyclic amines) is 1. The number of carbonyl (C=O) groups excluding carboxylic acids is 1. The normalized spacial score (nSPS) is 19.6. The van der Waals surface area contributed by atoms with Crippen molar-refractivity contribution in [3.8, 4) is 0 Å². The summed E-state index contributed by atoms with van der Waals surface area (Å²) < 4.78 is 0. The molecular weight excluding hydrogens is 270 g/mol. The number of amides is 1. The van der Waals surface area contributed by atoms with Crippen molar-refractivity contribution in [3.63, 3.8) is 0 Å². The number of piperidine rings is 1. The zero-order valence-electron chi connectivity index (χ0n) is 11.9. The van der Waals surface area contributed by atoms with Gasteiger partial charge in [0.15, 0.2) is 5.84 Å². The first-order chi connectivity index (χ1) is 10.2. The minimum Gasteiger partial charge on any atom is -0.409 e. The molecule has 1 saturated heterocycles. The van der Waals surface area contributed by atoms with Crippen LogP contribution in [-0.2, 0) is 0 Å². The molecule has 0 aliphatic carbocycles. The predicted molar refractivity (Wildman–Crippen MR) is 79.3 cm³/mol. The first-order valence-corrected chi connectivity index (χ1v) is 7.17. The predicted octanol–water partition coefficient (Wildman–Crippen LogP) is 1.16. The summed E-state index contributed by atoms with van der Waals surface area (Å²) in [6.45, 7) is 0.788. The van der Waals surface area contributed by atoms with Crippen molar-refractivity contribution in [2.45, 2.75) is 31.7 Å². The number of hydrogen-bond acceptors (Lipinski definition) is 4. The van der Waals surface area contributed by atoms with Gasteiger partial charge in [-0.1, -0.05) is 17.3 Å². The van der Waals surface area contributed by atoms with Gasteiger partial charge in [-0.05, 0) is 37.8 Å². The van der Waals surface area contributed by atoms with E-state index in [2.05, 4.69) is 5.16 Å². The number of carbonyl (C=O) groups is 1. The van der Waals surface area contributed by atoms with Gasteiger partial charge in [0.25, 0.3) is 5.91 Å². The zero-order chi connectivity index (χ0) is 15.2. The number of amidine groups is 1. The fourth-order valence-corrected chi connectivity index (χ4v) is 2.75. The maximum Gasteiger partial charge on any atom is 0.254 e. The molecule has 1 aliphatic heterocycles. The number of aliphatic hydroxyl groups is 1. The van der Waals surface area contributed by atoms with E-state index in [4.69, 9.17) is 16.0 Å². The lowest BCUT2D eigenvalue weighted by Crippen LogP contribution is -2.44. The van der Waals surface area contributed by atoms with Crippen LogP contribution in [0.5, 0.6) is 0 Å². The van der Waals surface area contributed by atoms with Gasteiger partial charge in [-0.15, -0.1) is 0 Å². The Kier molecular flexibility index (Phi) is 5.16. The Morgan fingerprint density at radius 1 is 1.38 bits per heavy atom. The van der Waals surface area contributed by atoms with Gasteiger partial charge in [0.2, 0.25) is 0 Å². The monoisotopic (exact) mass is 291 g/mol. The van der Waals surface area contributed by atoms with E-state index in [1.807, 2.05) is 4.90 Å². The Hall–Kier alpha value is -2.08. The van der Waals surface area contributed by atoms with E-state index in [1.54, 1.807) is 24.3 Å². The molecule has 6 nitrogen and oxygen atoms in total. The van der Waals surface area contributed by atoms with Crippen LogP contribution >= 0.6 is 0 Å². The quantitative estimate of drug-likeness (QED) is 0.335. The van der Waals surface area contributed by atoms with E-state index in [-0.39, 0.29) is 24.4 Å². The van der Waals surface area contributed by atoms with E-state index >= 15 is 0 Å². The van der Waals surface area contributed by atoms with Crippen LogP contribution in [0.25, 0.3) is 0 Å². The number of hydrogen-bond donors (Lipinski definition) is 3. The van der Waals surface area contributed by atoms with Crippen molar-refractivity contribution < 1.29 is 15.1 Å². The molecule has 1 aromatic carbocycles. The zero-order valence-corrected chi connectivity index (χ0v) is 11.9. The molecule has 6 heteroatoms. The molecule has 1 unspecified atom stereocenters. The van der Waals surface area contributed by atoms with Crippen LogP contribution in [0, 0.1) is 0 Å². The lowest BCUT2D eigenvalue weighted by molar-refractivity contribution is 0.0574. The van der Waals surface area contributed by atoms with Crippen LogP contribution < -0.4 is 5.73 Å². The Morgan fingerprint density at radius 3 is 2.86 bits per heavy atom. The van der Waals surface area contributed by atoms with E-state index in [9.17, 15) is 4.79 Å². The molecule has 1 atom stereocenters. The molecular formula is C15H21N3O3. The molecule has 0 aromatic heterocycles. The Bertz CT molecular complexity index is 529. The van der Waals surface area contributed by atoms with Gasteiger partial charge in [0.05, 0.1) is 0 Å². The summed E-state index contributed by atoms with van der Waals surface area (Å²) in [5.74, 6) is -0.0871. The first-order valence-electron chi connectivity index (χ1n) is 7.17. The minimum atomic E-state index is -0.0688. The largest absolute Gasteiger partial charge is 0.409 e. The van der Waals surface area contributed by atoms with E-state index in [1.165, 1.54) is 0 Å². The molecule has 0 bridgehead atoms. The van der Waals surface area contributed by atoms with Gasteiger partial charge in [0.1, 0.15) is 0 Å². The topological polar surface area (TPSA) is 99.2 Å². The Labute approximate surface area is 123 Å². The van der Waals surface area contributed by atoms with Crippen LogP contribution in [0.4, 0.5) is 0 Å². The van der Waals surface area contributed by atoms with Gasteiger partial charge in [-0.25, -0.2) is 0 Å². The third-order valence-corrected chi connectivity index (χ3v) is 3.86. The standard InChI is InChI=1S/C15H21N3O3/c16-14(17-21)11-4-3-5-12(10-11)15(20)18-8-2-1-6-13(18)7-9-19/h3-5,10,13,19,21H,1-2,6-9H2,(H2,16,17). The highest BCUT2D eigenvalue weighted by Gasteiger charge is 2.27. The van der Waals surface area contributed by atoms with Gasteiger partial charge >= 0.3 is 0 Å². The second-order valence-electron chi connectivity index (χ2n) is 5.23. The highest BCUT2D eigenvalue weighted by Crippen LogP contribution is 2.22. The van der Waals surface area contributed by atoms with Crippen molar-refractivity contribution >= 4 is 11.7 Å². The van der Waals surface area contributed by atoms with Crippen LogP contribution in [0.2, 0.25) is 0 Å². The first kappa shape index (κ1) is 15.3. The third-order valence-electron chi connectivity index (χ3n) is 3.86. The van der Waals surface area contributed by atoms with Crippen molar-refractivity contribution in [2.75, 3.05) is 13.2 Å². The Morgan fingerprint density at radius 2 is 2.14 bits per heavy atom. The summed E-state index contributed by atoms with van der Waals surface area (Å²) in [5, 5.41) is 20.8. The number of rotatable bonds is 4. The summed E-state index contributed by atoms with van der Waals surface area (Å²) in [4.78, 5) is 14.5. The maximum absolute atomic E-state index is 12.6. The number of oxime groups is 1. The van der Waals surface area contributed by atoms with Crippen LogP contribution in [0.1, 0.15) is 41.6 Å². The third kappa shape index (κ3) is 3.52. The summed E-state index contributed by atoms with van der Waals surface area (Å²) in [5.41, 5.74) is 6.59. The fraction of sp³-hybridized carbons (Fsp3) is 0.467. The lowest BCUT2D eigenvalue weighted by Gasteiger charge is -2.35. The van der Waals surface area contributed by atoms with Crippen molar-refractivity contribution in [3.05, 3.63) is 35.4 Å². The molecule has 114 valence electrons. The molecule has 0 spiro atoms. The van der Waals surface area contributed by atoms with Crippen LogP contribution in [-0.4, -0.2) is 46.1 Å². The minimum absolute atomic E-state index is 0.0183. The molecule has 2 rings (SSSR count). The summed E-state index contributed by atoms with van der Waals surface area (Å²) in [7, 11) is 0. The van der Waals surface area contributed by atoms with E-state index < -0.39 is 0 Å². The second-order valence-corrected chi connectivity index (χ2v) is 5.23.